The van der Waals surface area contributed by atoms with Gasteiger partial charge in [-0.05, 0) is 29.3 Å². The minimum Gasteiger partial charge on any atom is -0.383 e. The summed E-state index contributed by atoms with van der Waals surface area (Å²) in [4.78, 5) is 25.0. The molecule has 214 valence electrons. The molecule has 11 heteroatoms. The summed E-state index contributed by atoms with van der Waals surface area (Å²) in [6.07, 6.45) is 5.62. The fraction of sp³-hybridized carbons (Fsp3) is 0.258. The number of rotatable bonds is 9. The van der Waals surface area contributed by atoms with Crippen LogP contribution in [0.5, 0.6) is 0 Å². The molecule has 1 amide bonds. The van der Waals surface area contributed by atoms with Crippen LogP contribution in [0, 0.1) is 0 Å². The minimum atomic E-state index is -0.182. The molecule has 0 atom stereocenters. The lowest BCUT2D eigenvalue weighted by Crippen LogP contribution is -2.14. The van der Waals surface area contributed by atoms with Gasteiger partial charge in [0.15, 0.2) is 5.82 Å². The number of methoxy groups -OCH3 is 1. The number of carbonyl (C=O) groups excluding carboxylic acids is 1. The normalized spacial score (nSPS) is 11.8. The predicted molar refractivity (Wildman–Crippen MR) is 162 cm³/mol. The van der Waals surface area contributed by atoms with Crippen molar-refractivity contribution in [1.29, 1.82) is 0 Å². The molecule has 4 aromatic heterocycles. The maximum atomic E-state index is 12.6. The molecular formula is C31H32N8O3. The van der Waals surface area contributed by atoms with E-state index in [1.807, 2.05) is 62.1 Å². The number of amides is 1. The molecule has 6 rings (SSSR count). The quantitative estimate of drug-likeness (QED) is 0.200. The molecule has 0 radical (unpaired) electrons. The van der Waals surface area contributed by atoms with Crippen molar-refractivity contribution in [1.82, 2.24) is 29.9 Å². The first-order valence-corrected chi connectivity index (χ1v) is 13.7. The smallest absolute Gasteiger partial charge is 0.230 e. The molecule has 0 bridgehead atoms. The van der Waals surface area contributed by atoms with Gasteiger partial charge in [-0.15, -0.1) is 0 Å². The Kier molecular flexibility index (Phi) is 7.17. The molecule has 0 saturated carbocycles. The summed E-state index contributed by atoms with van der Waals surface area (Å²) in [5, 5.41) is 16.5. The Labute approximate surface area is 242 Å². The van der Waals surface area contributed by atoms with E-state index < -0.39 is 0 Å². The van der Waals surface area contributed by atoms with E-state index in [1.165, 1.54) is 6.33 Å². The zero-order valence-corrected chi connectivity index (χ0v) is 23.9. The van der Waals surface area contributed by atoms with Crippen LogP contribution in [0.25, 0.3) is 33.1 Å². The fourth-order valence-electron chi connectivity index (χ4n) is 4.73. The van der Waals surface area contributed by atoms with Crippen molar-refractivity contribution in [2.45, 2.75) is 39.2 Å². The third-order valence-electron chi connectivity index (χ3n) is 6.98. The molecule has 3 N–H and O–H groups in total. The number of nitrogens with zero attached hydrogens (tertiary/aromatic N) is 5. The predicted octanol–water partition coefficient (Wildman–Crippen LogP) is 5.83. The lowest BCUT2D eigenvalue weighted by molar-refractivity contribution is -0.115. The van der Waals surface area contributed by atoms with E-state index >= 15 is 0 Å². The second-order valence-corrected chi connectivity index (χ2v) is 11.2. The lowest BCUT2D eigenvalue weighted by Gasteiger charge is -2.12. The summed E-state index contributed by atoms with van der Waals surface area (Å²) in [6, 6.07) is 15.7. The molecule has 0 aliphatic heterocycles. The number of hydrogen-bond acceptors (Lipinski definition) is 8. The van der Waals surface area contributed by atoms with Crippen LogP contribution in [0.1, 0.15) is 32.1 Å². The van der Waals surface area contributed by atoms with Crippen molar-refractivity contribution in [2.75, 3.05) is 24.4 Å². The summed E-state index contributed by atoms with van der Waals surface area (Å²) in [6.45, 7) is 7.39. The number of H-pyrrole nitrogens is 1. The van der Waals surface area contributed by atoms with Crippen LogP contribution in [-0.2, 0) is 27.9 Å². The van der Waals surface area contributed by atoms with Crippen LogP contribution in [-0.4, -0.2) is 49.5 Å². The number of aromatic nitrogens is 6. The maximum absolute atomic E-state index is 12.6. The summed E-state index contributed by atoms with van der Waals surface area (Å²) in [7, 11) is 1.68. The Morgan fingerprint density at radius 1 is 1.07 bits per heavy atom. The van der Waals surface area contributed by atoms with Gasteiger partial charge in [-0.1, -0.05) is 50.2 Å². The van der Waals surface area contributed by atoms with Crippen molar-refractivity contribution < 1.29 is 14.1 Å². The van der Waals surface area contributed by atoms with E-state index in [2.05, 4.69) is 54.0 Å². The highest BCUT2D eigenvalue weighted by Gasteiger charge is 2.20. The largest absolute Gasteiger partial charge is 0.383 e. The van der Waals surface area contributed by atoms with E-state index in [0.29, 0.717) is 30.5 Å². The van der Waals surface area contributed by atoms with Gasteiger partial charge in [-0.3, -0.25) is 9.48 Å². The number of nitrogens with one attached hydrogen (secondary N) is 3. The van der Waals surface area contributed by atoms with Gasteiger partial charge in [0, 0.05) is 46.9 Å². The molecule has 0 aliphatic rings. The molecule has 0 aliphatic carbocycles. The molecule has 0 unspecified atom stereocenters. The first kappa shape index (κ1) is 27.2. The second kappa shape index (κ2) is 11.1. The molecule has 0 fully saturated rings. The average Bonchev–Trinajstić information content (AvgIpc) is 3.71. The number of hydrogen-bond donors (Lipinski definition) is 3. The molecule has 6 aromatic rings. The highest BCUT2D eigenvalue weighted by Crippen LogP contribution is 2.33. The molecule has 0 saturated heterocycles. The average molecular weight is 565 g/mol. The van der Waals surface area contributed by atoms with Gasteiger partial charge in [-0.25, -0.2) is 9.97 Å². The van der Waals surface area contributed by atoms with Crippen LogP contribution in [0.4, 0.5) is 17.3 Å². The second-order valence-electron chi connectivity index (χ2n) is 11.2. The van der Waals surface area contributed by atoms with Crippen LogP contribution >= 0.6 is 0 Å². The minimum absolute atomic E-state index is 0.164. The lowest BCUT2D eigenvalue weighted by atomic mass is 9.93. The Morgan fingerprint density at radius 2 is 1.90 bits per heavy atom. The van der Waals surface area contributed by atoms with Gasteiger partial charge < -0.3 is 24.9 Å². The number of aromatic amines is 1. The SMILES string of the molecule is COCCn1cc(-c2ccc3c(c2)[nH]c2ncnc(Nc4ccc(CC(=O)Nc5cc(C(C)(C)C)on5)cc4)c23)cn1. The molecular weight excluding hydrogens is 532 g/mol. The highest BCUT2D eigenvalue weighted by molar-refractivity contribution is 6.12. The third kappa shape index (κ3) is 5.72. The molecule has 4 heterocycles. The van der Waals surface area contributed by atoms with E-state index in [0.717, 1.165) is 44.3 Å². The van der Waals surface area contributed by atoms with Gasteiger partial charge in [0.2, 0.25) is 5.91 Å². The summed E-state index contributed by atoms with van der Waals surface area (Å²) in [5.74, 6) is 1.66. The summed E-state index contributed by atoms with van der Waals surface area (Å²) in [5.41, 5.74) is 5.32. The van der Waals surface area contributed by atoms with E-state index in [-0.39, 0.29) is 17.7 Å². The number of ether oxygens (including phenoxy) is 1. The first-order valence-electron chi connectivity index (χ1n) is 13.7. The third-order valence-corrected chi connectivity index (χ3v) is 6.98. The number of benzene rings is 2. The molecule has 2 aromatic carbocycles. The van der Waals surface area contributed by atoms with Crippen LogP contribution in [0.2, 0.25) is 0 Å². The molecule has 11 nitrogen and oxygen atoms in total. The topological polar surface area (TPSA) is 136 Å². The zero-order chi connectivity index (χ0) is 29.3. The number of anilines is 3. The van der Waals surface area contributed by atoms with Gasteiger partial charge >= 0.3 is 0 Å². The molecule has 42 heavy (non-hydrogen) atoms. The first-order chi connectivity index (χ1) is 20.3. The van der Waals surface area contributed by atoms with Gasteiger partial charge in [0.05, 0.1) is 31.2 Å². The zero-order valence-electron chi connectivity index (χ0n) is 23.9. The van der Waals surface area contributed by atoms with Crippen LogP contribution in [0.15, 0.2) is 71.8 Å². The fourth-order valence-corrected chi connectivity index (χ4v) is 4.73. The monoisotopic (exact) mass is 564 g/mol. The Hall–Kier alpha value is -5.03. The van der Waals surface area contributed by atoms with E-state index in [4.69, 9.17) is 9.26 Å². The van der Waals surface area contributed by atoms with Crippen molar-refractivity contribution in [3.8, 4) is 11.1 Å². The van der Waals surface area contributed by atoms with E-state index in [1.54, 1.807) is 13.2 Å². The van der Waals surface area contributed by atoms with Crippen LogP contribution in [0.3, 0.4) is 0 Å². The van der Waals surface area contributed by atoms with Crippen molar-refractivity contribution >= 4 is 45.2 Å². The Bertz CT molecular complexity index is 1860. The maximum Gasteiger partial charge on any atom is 0.230 e. The van der Waals surface area contributed by atoms with Crippen molar-refractivity contribution in [3.63, 3.8) is 0 Å². The standard InChI is InChI=1S/C31H32N8O3/c1-31(2,3)25-15-26(38-42-25)37-27(40)13-19-5-8-22(9-6-19)35-29-28-23-10-7-20(14-24(23)36-30(28)33-18-32-29)21-16-34-39(17-21)11-12-41-4/h5-10,14-18H,11-13H2,1-4H3,(H,37,38,40)(H2,32,33,35,36). The summed E-state index contributed by atoms with van der Waals surface area (Å²) >= 11 is 0. The Morgan fingerprint density at radius 3 is 2.67 bits per heavy atom. The summed E-state index contributed by atoms with van der Waals surface area (Å²) < 4.78 is 12.4. The van der Waals surface area contributed by atoms with Crippen molar-refractivity contribution in [3.05, 3.63) is 78.6 Å². The number of carbonyl (C=O) groups is 1. The van der Waals surface area contributed by atoms with Gasteiger partial charge in [0.1, 0.15) is 23.6 Å². The Balaban J connectivity index is 1.16. The highest BCUT2D eigenvalue weighted by atomic mass is 16.5. The van der Waals surface area contributed by atoms with Crippen molar-refractivity contribution in [2.24, 2.45) is 0 Å². The molecule has 0 spiro atoms. The number of fused-ring (bicyclic) bond motifs is 3. The van der Waals surface area contributed by atoms with Gasteiger partial charge in [-0.2, -0.15) is 5.10 Å². The van der Waals surface area contributed by atoms with Gasteiger partial charge in [0.25, 0.3) is 0 Å². The van der Waals surface area contributed by atoms with Crippen LogP contribution < -0.4 is 10.6 Å². The van der Waals surface area contributed by atoms with E-state index in [9.17, 15) is 4.79 Å².